The highest BCUT2D eigenvalue weighted by Gasteiger charge is 2.45. The number of aryl methyl sites for hydroxylation is 2. The molecule has 0 saturated carbocycles. The van der Waals surface area contributed by atoms with Crippen LogP contribution in [0.4, 0.5) is 0 Å². The minimum absolute atomic E-state index is 0.00636. The number of nitrogens with one attached hydrogen (secondary N) is 1. The first-order valence-corrected chi connectivity index (χ1v) is 8.01. The molecule has 0 amide bonds. The molecule has 1 aromatic rings. The van der Waals surface area contributed by atoms with Gasteiger partial charge >= 0.3 is 0 Å². The molecule has 1 aliphatic heterocycles. The molecule has 3 nitrogen and oxygen atoms in total. The van der Waals surface area contributed by atoms with Crippen molar-refractivity contribution >= 4 is 11.3 Å². The highest BCUT2D eigenvalue weighted by atomic mass is 32.1. The van der Waals surface area contributed by atoms with E-state index in [1.54, 1.807) is 11.3 Å². The second kappa shape index (κ2) is 5.51. The van der Waals surface area contributed by atoms with Gasteiger partial charge in [-0.25, -0.2) is 4.98 Å². The fraction of sp³-hybridized carbons (Fsp3) is 0.800. The summed E-state index contributed by atoms with van der Waals surface area (Å²) in [6, 6.07) is 0.445. The molecule has 1 N–H and O–H groups in total. The lowest BCUT2D eigenvalue weighted by Crippen LogP contribution is -2.43. The summed E-state index contributed by atoms with van der Waals surface area (Å²) in [5.41, 5.74) is 1.06. The molecule has 1 aromatic heterocycles. The van der Waals surface area contributed by atoms with Gasteiger partial charge in [-0.3, -0.25) is 0 Å². The Hall–Kier alpha value is -0.450. The quantitative estimate of drug-likeness (QED) is 0.841. The van der Waals surface area contributed by atoms with Gasteiger partial charge in [0.2, 0.25) is 0 Å². The van der Waals surface area contributed by atoms with Gasteiger partial charge in [-0.05, 0) is 54.0 Å². The molecule has 0 spiro atoms. The van der Waals surface area contributed by atoms with E-state index in [2.05, 4.69) is 50.3 Å². The van der Waals surface area contributed by atoms with Crippen LogP contribution in [0.2, 0.25) is 0 Å². The fourth-order valence-electron chi connectivity index (χ4n) is 2.91. The first kappa shape index (κ1) is 14.9. The number of rotatable bonds is 5. The summed E-state index contributed by atoms with van der Waals surface area (Å²) in [4.78, 5) is 4.50. The van der Waals surface area contributed by atoms with Gasteiger partial charge in [0, 0.05) is 23.5 Å². The zero-order valence-electron chi connectivity index (χ0n) is 12.7. The van der Waals surface area contributed by atoms with Crippen LogP contribution in [0.5, 0.6) is 0 Å². The fourth-order valence-corrected chi connectivity index (χ4v) is 3.73. The lowest BCUT2D eigenvalue weighted by Gasteiger charge is -2.27. The summed E-state index contributed by atoms with van der Waals surface area (Å²) in [7, 11) is 0. The third-order valence-corrected chi connectivity index (χ3v) is 4.73. The van der Waals surface area contributed by atoms with E-state index >= 15 is 0 Å². The monoisotopic (exact) mass is 282 g/mol. The van der Waals surface area contributed by atoms with Crippen molar-refractivity contribution in [2.45, 2.75) is 71.1 Å². The zero-order chi connectivity index (χ0) is 14.1. The second-order valence-electron chi connectivity index (χ2n) is 6.66. The Balaban J connectivity index is 1.74. The summed E-state index contributed by atoms with van der Waals surface area (Å²) < 4.78 is 6.09. The number of nitrogens with zero attached hydrogens (tertiary/aromatic N) is 1. The highest BCUT2D eigenvalue weighted by molar-refractivity contribution is 7.09. The molecule has 1 unspecified atom stereocenters. The molecule has 0 radical (unpaired) electrons. The van der Waals surface area contributed by atoms with Crippen LogP contribution in [-0.2, 0) is 11.2 Å². The highest BCUT2D eigenvalue weighted by Crippen LogP contribution is 2.37. The molecule has 1 fully saturated rings. The van der Waals surface area contributed by atoms with Gasteiger partial charge in [-0.2, -0.15) is 0 Å². The summed E-state index contributed by atoms with van der Waals surface area (Å²) in [5, 5.41) is 7.03. The van der Waals surface area contributed by atoms with E-state index in [0.717, 1.165) is 31.5 Å². The summed E-state index contributed by atoms with van der Waals surface area (Å²) in [5.74, 6) is 0. The first-order chi connectivity index (χ1) is 8.78. The Morgan fingerprint density at radius 1 is 1.42 bits per heavy atom. The van der Waals surface area contributed by atoms with Crippen LogP contribution < -0.4 is 5.32 Å². The lowest BCUT2D eigenvalue weighted by atomic mass is 9.94. The summed E-state index contributed by atoms with van der Waals surface area (Å²) >= 11 is 1.77. The van der Waals surface area contributed by atoms with Gasteiger partial charge < -0.3 is 10.1 Å². The largest absolute Gasteiger partial charge is 0.368 e. The minimum atomic E-state index is -0.0682. The Morgan fingerprint density at radius 3 is 2.68 bits per heavy atom. The Morgan fingerprint density at radius 2 is 2.16 bits per heavy atom. The molecule has 4 heteroatoms. The smallest absolute Gasteiger partial charge is 0.0928 e. The molecule has 19 heavy (non-hydrogen) atoms. The SMILES string of the molecule is Cc1csc(CCCNC2CC(C)(C)OC2(C)C)n1. The van der Waals surface area contributed by atoms with E-state index in [1.807, 2.05) is 0 Å². The van der Waals surface area contributed by atoms with E-state index < -0.39 is 0 Å². The zero-order valence-corrected chi connectivity index (χ0v) is 13.6. The predicted octanol–water partition coefficient (Wildman–Crippen LogP) is 3.32. The van der Waals surface area contributed by atoms with Gasteiger partial charge in [0.25, 0.3) is 0 Å². The average Bonchev–Trinajstić information content (AvgIpc) is 2.75. The molecule has 2 rings (SSSR count). The number of hydrogen-bond acceptors (Lipinski definition) is 4. The van der Waals surface area contributed by atoms with Crippen molar-refractivity contribution in [2.75, 3.05) is 6.54 Å². The molecule has 0 aromatic carbocycles. The van der Waals surface area contributed by atoms with Crippen LogP contribution >= 0.6 is 11.3 Å². The van der Waals surface area contributed by atoms with E-state index in [4.69, 9.17) is 4.74 Å². The van der Waals surface area contributed by atoms with Crippen LogP contribution in [0.1, 0.15) is 51.2 Å². The Bertz CT molecular complexity index is 426. The van der Waals surface area contributed by atoms with E-state index in [0.29, 0.717) is 6.04 Å². The minimum Gasteiger partial charge on any atom is -0.368 e. The van der Waals surface area contributed by atoms with Crippen molar-refractivity contribution in [3.8, 4) is 0 Å². The van der Waals surface area contributed by atoms with Gasteiger partial charge in [0.05, 0.1) is 16.2 Å². The third kappa shape index (κ3) is 4.01. The summed E-state index contributed by atoms with van der Waals surface area (Å²) in [6.45, 7) is 11.8. The van der Waals surface area contributed by atoms with Crippen LogP contribution in [0, 0.1) is 6.92 Å². The lowest BCUT2D eigenvalue weighted by molar-refractivity contribution is -0.0697. The van der Waals surface area contributed by atoms with Gasteiger partial charge in [0.15, 0.2) is 0 Å². The van der Waals surface area contributed by atoms with Gasteiger partial charge in [-0.1, -0.05) is 0 Å². The molecular weight excluding hydrogens is 256 g/mol. The molecular formula is C15H26N2OS. The molecule has 0 bridgehead atoms. The molecule has 1 atom stereocenters. The van der Waals surface area contributed by atoms with Crippen molar-refractivity contribution in [3.05, 3.63) is 16.1 Å². The average molecular weight is 282 g/mol. The van der Waals surface area contributed by atoms with E-state index in [1.165, 1.54) is 5.01 Å². The van der Waals surface area contributed by atoms with Crippen molar-refractivity contribution < 1.29 is 4.74 Å². The molecule has 1 saturated heterocycles. The maximum atomic E-state index is 6.09. The normalized spacial score (nSPS) is 24.8. The standard InChI is InChI=1S/C15H26N2OS/c1-11-10-19-13(17-11)7-6-8-16-12-9-14(2,3)18-15(12,4)5/h10,12,16H,6-9H2,1-5H3. The Kier molecular flexibility index (Phi) is 4.33. The summed E-state index contributed by atoms with van der Waals surface area (Å²) in [6.07, 6.45) is 3.29. The van der Waals surface area contributed by atoms with Crippen molar-refractivity contribution in [3.63, 3.8) is 0 Å². The van der Waals surface area contributed by atoms with Crippen molar-refractivity contribution in [2.24, 2.45) is 0 Å². The molecule has 0 aliphatic carbocycles. The van der Waals surface area contributed by atoms with Crippen LogP contribution in [0.15, 0.2) is 5.38 Å². The van der Waals surface area contributed by atoms with Crippen molar-refractivity contribution in [1.82, 2.24) is 10.3 Å². The molecule has 108 valence electrons. The van der Waals surface area contributed by atoms with Crippen LogP contribution in [-0.4, -0.2) is 28.8 Å². The van der Waals surface area contributed by atoms with Crippen molar-refractivity contribution in [1.29, 1.82) is 0 Å². The van der Waals surface area contributed by atoms with Crippen LogP contribution in [0.25, 0.3) is 0 Å². The first-order valence-electron chi connectivity index (χ1n) is 7.13. The number of thiazole rings is 1. The maximum Gasteiger partial charge on any atom is 0.0928 e. The Labute approximate surface area is 120 Å². The number of hydrogen-bond donors (Lipinski definition) is 1. The molecule has 2 heterocycles. The van der Waals surface area contributed by atoms with E-state index in [-0.39, 0.29) is 11.2 Å². The van der Waals surface area contributed by atoms with Gasteiger partial charge in [-0.15, -0.1) is 11.3 Å². The van der Waals surface area contributed by atoms with Crippen LogP contribution in [0.3, 0.4) is 0 Å². The second-order valence-corrected chi connectivity index (χ2v) is 7.60. The molecule has 1 aliphatic rings. The number of aromatic nitrogens is 1. The predicted molar refractivity (Wildman–Crippen MR) is 80.8 cm³/mol. The number of ether oxygens (including phenoxy) is 1. The van der Waals surface area contributed by atoms with Gasteiger partial charge in [0.1, 0.15) is 0 Å². The third-order valence-electron chi connectivity index (χ3n) is 3.70. The van der Waals surface area contributed by atoms with E-state index in [9.17, 15) is 0 Å². The topological polar surface area (TPSA) is 34.1 Å². The maximum absolute atomic E-state index is 6.09.